The number of carbonyl (C=O) groups excluding carboxylic acids is 1. The molecule has 0 aromatic heterocycles. The van der Waals surface area contributed by atoms with Crippen LogP contribution in [0.1, 0.15) is 49.0 Å². The van der Waals surface area contributed by atoms with E-state index in [1.807, 2.05) is 23.1 Å². The van der Waals surface area contributed by atoms with Gasteiger partial charge in [-0.1, -0.05) is 26.0 Å². The third-order valence-electron chi connectivity index (χ3n) is 4.92. The van der Waals surface area contributed by atoms with Gasteiger partial charge >= 0.3 is 5.97 Å². The predicted molar refractivity (Wildman–Crippen MR) is 85.8 cm³/mol. The maximum Gasteiger partial charge on any atom is 0.303 e. The Kier molecular flexibility index (Phi) is 4.04. The molecule has 5 heteroatoms. The molecule has 124 valence electrons. The van der Waals surface area contributed by atoms with Crippen molar-refractivity contribution >= 4 is 11.9 Å². The number of hydrogen-bond acceptors (Lipinski definition) is 3. The van der Waals surface area contributed by atoms with E-state index in [4.69, 9.17) is 9.84 Å². The number of rotatable bonds is 3. The molecule has 2 aliphatic rings. The van der Waals surface area contributed by atoms with Gasteiger partial charge in [-0.05, 0) is 24.8 Å². The fraction of sp³-hybridized carbons (Fsp3) is 0.556. The Morgan fingerprint density at radius 1 is 1.30 bits per heavy atom. The van der Waals surface area contributed by atoms with Gasteiger partial charge in [0.15, 0.2) is 0 Å². The smallest absolute Gasteiger partial charge is 0.303 e. The number of nitrogens with zero attached hydrogens (tertiary/aromatic N) is 1. The first-order valence-electron chi connectivity index (χ1n) is 8.16. The molecule has 1 aromatic rings. The first-order valence-corrected chi connectivity index (χ1v) is 8.16. The molecule has 0 saturated carbocycles. The zero-order valence-corrected chi connectivity index (χ0v) is 13.7. The third kappa shape index (κ3) is 3.05. The molecular weight excluding hydrogens is 294 g/mol. The zero-order chi connectivity index (χ0) is 16.6. The van der Waals surface area contributed by atoms with Crippen molar-refractivity contribution in [1.82, 2.24) is 4.90 Å². The summed E-state index contributed by atoms with van der Waals surface area (Å²) in [5.74, 6) is 0.128. The van der Waals surface area contributed by atoms with E-state index in [0.29, 0.717) is 25.3 Å². The number of benzene rings is 1. The molecule has 1 amide bonds. The minimum absolute atomic E-state index is 0.00618. The molecule has 2 aliphatic heterocycles. The Bertz CT molecular complexity index is 630. The molecule has 2 heterocycles. The summed E-state index contributed by atoms with van der Waals surface area (Å²) in [6.45, 7) is 6.05. The number of amides is 1. The monoisotopic (exact) mass is 317 g/mol. The first kappa shape index (κ1) is 15.8. The van der Waals surface area contributed by atoms with Crippen LogP contribution in [0.25, 0.3) is 0 Å². The Hall–Kier alpha value is -2.04. The van der Waals surface area contributed by atoms with E-state index < -0.39 is 5.97 Å². The number of aliphatic carboxylic acids is 1. The first-order chi connectivity index (χ1) is 10.9. The number of hydrogen-bond donors (Lipinski definition) is 1. The quantitative estimate of drug-likeness (QED) is 0.931. The fourth-order valence-corrected chi connectivity index (χ4v) is 3.48. The molecule has 0 unspecified atom stereocenters. The number of carboxylic acid groups (broad SMARTS) is 1. The summed E-state index contributed by atoms with van der Waals surface area (Å²) in [7, 11) is 0. The van der Waals surface area contributed by atoms with Crippen molar-refractivity contribution in [1.29, 1.82) is 0 Å². The average molecular weight is 317 g/mol. The summed E-state index contributed by atoms with van der Waals surface area (Å²) >= 11 is 0. The van der Waals surface area contributed by atoms with Gasteiger partial charge in [-0.15, -0.1) is 0 Å². The van der Waals surface area contributed by atoms with Crippen LogP contribution in [-0.2, 0) is 10.2 Å². The van der Waals surface area contributed by atoms with Crippen molar-refractivity contribution in [3.05, 3.63) is 29.3 Å². The number of ether oxygens (including phenoxy) is 1. The lowest BCUT2D eigenvalue weighted by Gasteiger charge is -2.31. The fourth-order valence-electron chi connectivity index (χ4n) is 3.48. The summed E-state index contributed by atoms with van der Waals surface area (Å²) in [5.41, 5.74) is 1.65. The number of carbonyl (C=O) groups is 2. The summed E-state index contributed by atoms with van der Waals surface area (Å²) in [5, 5.41) is 8.88. The Balaban J connectivity index is 1.73. The van der Waals surface area contributed by atoms with Gasteiger partial charge in [-0.25, -0.2) is 0 Å². The maximum absolute atomic E-state index is 12.8. The molecule has 0 bridgehead atoms. The summed E-state index contributed by atoms with van der Waals surface area (Å²) < 4.78 is 5.81. The van der Waals surface area contributed by atoms with Crippen LogP contribution < -0.4 is 4.74 Å². The summed E-state index contributed by atoms with van der Waals surface area (Å²) in [4.78, 5) is 25.4. The van der Waals surface area contributed by atoms with E-state index >= 15 is 0 Å². The number of para-hydroxylation sites is 1. The van der Waals surface area contributed by atoms with Gasteiger partial charge < -0.3 is 14.7 Å². The van der Waals surface area contributed by atoms with Gasteiger partial charge in [0.05, 0.1) is 12.2 Å². The summed E-state index contributed by atoms with van der Waals surface area (Å²) in [6, 6.07) is 5.77. The van der Waals surface area contributed by atoms with Crippen LogP contribution in [0.4, 0.5) is 0 Å². The highest BCUT2D eigenvalue weighted by molar-refractivity contribution is 5.97. The standard InChI is InChI=1S/C18H23NO4/c1-18(2)11-23-16-13(4-3-5-14(16)18)17(22)19-8-6-12(7-9-19)10-15(20)21/h3-5,12H,6-11H2,1-2H3,(H,20,21). The summed E-state index contributed by atoms with van der Waals surface area (Å²) in [6.07, 6.45) is 1.69. The van der Waals surface area contributed by atoms with Gasteiger partial charge in [-0.2, -0.15) is 0 Å². The van der Waals surface area contributed by atoms with E-state index in [9.17, 15) is 9.59 Å². The van der Waals surface area contributed by atoms with Crippen LogP contribution in [0.15, 0.2) is 18.2 Å². The van der Waals surface area contributed by atoms with E-state index in [0.717, 1.165) is 24.2 Å². The van der Waals surface area contributed by atoms with Crippen LogP contribution in [0.2, 0.25) is 0 Å². The molecule has 1 N–H and O–H groups in total. The number of fused-ring (bicyclic) bond motifs is 1. The van der Waals surface area contributed by atoms with E-state index in [1.54, 1.807) is 0 Å². The number of likely N-dealkylation sites (tertiary alicyclic amines) is 1. The van der Waals surface area contributed by atoms with Crippen LogP contribution >= 0.6 is 0 Å². The highest BCUT2D eigenvalue weighted by Crippen LogP contribution is 2.41. The molecule has 5 nitrogen and oxygen atoms in total. The second-order valence-electron chi connectivity index (χ2n) is 7.19. The van der Waals surface area contributed by atoms with Gasteiger partial charge in [0.2, 0.25) is 0 Å². The highest BCUT2D eigenvalue weighted by Gasteiger charge is 2.35. The van der Waals surface area contributed by atoms with Gasteiger partial charge in [-0.3, -0.25) is 9.59 Å². The molecule has 0 aliphatic carbocycles. The second kappa shape index (κ2) is 5.87. The SMILES string of the molecule is CC1(C)COc2c(C(=O)N3CCC(CC(=O)O)CC3)cccc21. The minimum atomic E-state index is -0.758. The van der Waals surface area contributed by atoms with Gasteiger partial charge in [0, 0.05) is 30.5 Å². The molecule has 0 radical (unpaired) electrons. The molecule has 1 saturated heterocycles. The van der Waals surface area contributed by atoms with E-state index in [1.165, 1.54) is 0 Å². The van der Waals surface area contributed by atoms with E-state index in [2.05, 4.69) is 13.8 Å². The lowest BCUT2D eigenvalue weighted by atomic mass is 9.86. The Labute approximate surface area is 136 Å². The molecular formula is C18H23NO4. The Morgan fingerprint density at radius 3 is 2.65 bits per heavy atom. The van der Waals surface area contributed by atoms with Gasteiger partial charge in [0.1, 0.15) is 5.75 Å². The minimum Gasteiger partial charge on any atom is -0.492 e. The topological polar surface area (TPSA) is 66.8 Å². The number of carboxylic acids is 1. The number of piperidine rings is 1. The van der Waals surface area contributed by atoms with Crippen LogP contribution in [0.3, 0.4) is 0 Å². The van der Waals surface area contributed by atoms with Crippen LogP contribution in [-0.4, -0.2) is 41.6 Å². The third-order valence-corrected chi connectivity index (χ3v) is 4.92. The predicted octanol–water partition coefficient (Wildman–Crippen LogP) is 2.68. The van der Waals surface area contributed by atoms with Crippen molar-refractivity contribution in [2.75, 3.05) is 19.7 Å². The van der Waals surface area contributed by atoms with E-state index in [-0.39, 0.29) is 23.7 Å². The second-order valence-corrected chi connectivity index (χ2v) is 7.19. The van der Waals surface area contributed by atoms with Crippen molar-refractivity contribution in [2.24, 2.45) is 5.92 Å². The highest BCUT2D eigenvalue weighted by atomic mass is 16.5. The van der Waals surface area contributed by atoms with Crippen molar-refractivity contribution < 1.29 is 19.4 Å². The average Bonchev–Trinajstić information content (AvgIpc) is 2.82. The van der Waals surface area contributed by atoms with Crippen molar-refractivity contribution in [3.8, 4) is 5.75 Å². The lowest BCUT2D eigenvalue weighted by Crippen LogP contribution is -2.39. The molecule has 0 spiro atoms. The zero-order valence-electron chi connectivity index (χ0n) is 13.7. The molecule has 3 rings (SSSR count). The Morgan fingerprint density at radius 2 is 2.00 bits per heavy atom. The molecule has 1 aromatic carbocycles. The largest absolute Gasteiger partial charge is 0.492 e. The molecule has 23 heavy (non-hydrogen) atoms. The van der Waals surface area contributed by atoms with Crippen molar-refractivity contribution in [2.45, 2.75) is 38.5 Å². The molecule has 1 fully saturated rings. The van der Waals surface area contributed by atoms with Crippen LogP contribution in [0, 0.1) is 5.92 Å². The normalized spacial score (nSPS) is 20.0. The van der Waals surface area contributed by atoms with Gasteiger partial charge in [0.25, 0.3) is 5.91 Å². The maximum atomic E-state index is 12.8. The van der Waals surface area contributed by atoms with Crippen molar-refractivity contribution in [3.63, 3.8) is 0 Å². The lowest BCUT2D eigenvalue weighted by molar-refractivity contribution is -0.138. The van der Waals surface area contributed by atoms with Crippen LogP contribution in [0.5, 0.6) is 5.75 Å². The molecule has 0 atom stereocenters.